The topological polar surface area (TPSA) is 12.0 Å². The summed E-state index contributed by atoms with van der Waals surface area (Å²) in [6.07, 6.45) is 2.17. The number of benzene rings is 1. The van der Waals surface area contributed by atoms with Crippen molar-refractivity contribution >= 4 is 5.69 Å². The zero-order valence-electron chi connectivity index (χ0n) is 9.67. The Kier molecular flexibility index (Phi) is 3.45. The molecule has 0 aliphatic heterocycles. The average Bonchev–Trinajstić information content (AvgIpc) is 2.75. The van der Waals surface area contributed by atoms with Crippen LogP contribution in [0.2, 0.25) is 0 Å². The van der Waals surface area contributed by atoms with Gasteiger partial charge < -0.3 is 5.32 Å². The van der Waals surface area contributed by atoms with E-state index in [0.717, 1.165) is 6.42 Å². The minimum atomic E-state index is -2.13. The van der Waals surface area contributed by atoms with Crippen LogP contribution in [0.5, 0.6) is 0 Å². The molecule has 1 aliphatic carbocycles. The van der Waals surface area contributed by atoms with Gasteiger partial charge in [-0.15, -0.1) is 0 Å². The van der Waals surface area contributed by atoms with Crippen LogP contribution in [0.3, 0.4) is 0 Å². The van der Waals surface area contributed by atoms with Crippen LogP contribution < -0.4 is 5.32 Å². The number of halogens is 5. The minimum Gasteiger partial charge on any atom is -0.377 e. The van der Waals surface area contributed by atoms with E-state index in [1.54, 1.807) is 0 Å². The first kappa shape index (κ1) is 13.1. The Morgan fingerprint density at radius 2 is 1.33 bits per heavy atom. The van der Waals surface area contributed by atoms with Crippen molar-refractivity contribution in [3.05, 3.63) is 29.1 Å². The summed E-state index contributed by atoms with van der Waals surface area (Å²) in [7, 11) is 0. The Labute approximate surface area is 101 Å². The molecule has 1 aromatic carbocycles. The molecule has 1 N–H and O–H groups in total. The molecule has 1 saturated carbocycles. The van der Waals surface area contributed by atoms with Gasteiger partial charge in [0.25, 0.3) is 0 Å². The quantitative estimate of drug-likeness (QED) is 0.484. The third-order valence-electron chi connectivity index (χ3n) is 3.25. The van der Waals surface area contributed by atoms with Gasteiger partial charge in [-0.25, -0.2) is 22.0 Å². The van der Waals surface area contributed by atoms with E-state index in [4.69, 9.17) is 0 Å². The molecule has 0 spiro atoms. The molecule has 0 aromatic heterocycles. The number of nitrogens with one attached hydrogen (secondary N) is 1. The maximum absolute atomic E-state index is 13.4. The first-order chi connectivity index (χ1) is 8.41. The highest BCUT2D eigenvalue weighted by molar-refractivity contribution is 5.48. The third kappa shape index (κ3) is 2.15. The van der Waals surface area contributed by atoms with Crippen LogP contribution in [-0.2, 0) is 0 Å². The molecule has 1 aromatic rings. The summed E-state index contributed by atoms with van der Waals surface area (Å²) < 4.78 is 65.5. The lowest BCUT2D eigenvalue weighted by molar-refractivity contribution is 0.380. The van der Waals surface area contributed by atoms with Crippen LogP contribution in [0.4, 0.5) is 27.6 Å². The largest absolute Gasteiger partial charge is 0.377 e. The molecule has 2 rings (SSSR count). The fourth-order valence-electron chi connectivity index (χ4n) is 2.27. The van der Waals surface area contributed by atoms with Crippen LogP contribution in [0.1, 0.15) is 26.2 Å². The molecule has 18 heavy (non-hydrogen) atoms. The van der Waals surface area contributed by atoms with Gasteiger partial charge in [-0.2, -0.15) is 0 Å². The summed E-state index contributed by atoms with van der Waals surface area (Å²) in [5.74, 6) is -9.18. The summed E-state index contributed by atoms with van der Waals surface area (Å²) >= 11 is 0. The van der Waals surface area contributed by atoms with Crippen molar-refractivity contribution in [3.63, 3.8) is 0 Å². The summed E-state index contributed by atoms with van der Waals surface area (Å²) in [4.78, 5) is 0. The zero-order valence-corrected chi connectivity index (χ0v) is 9.67. The Morgan fingerprint density at radius 1 is 0.833 bits per heavy atom. The normalized spacial score (nSPS) is 23.4. The molecule has 1 fully saturated rings. The van der Waals surface area contributed by atoms with Crippen molar-refractivity contribution in [2.75, 3.05) is 5.32 Å². The van der Waals surface area contributed by atoms with Gasteiger partial charge in [0.15, 0.2) is 23.3 Å². The van der Waals surface area contributed by atoms with Crippen molar-refractivity contribution in [3.8, 4) is 0 Å². The molecule has 100 valence electrons. The van der Waals surface area contributed by atoms with Gasteiger partial charge in [-0.05, 0) is 25.2 Å². The lowest BCUT2D eigenvalue weighted by Crippen LogP contribution is -2.19. The van der Waals surface area contributed by atoms with Gasteiger partial charge in [-0.1, -0.05) is 6.92 Å². The van der Waals surface area contributed by atoms with E-state index in [9.17, 15) is 22.0 Å². The molecular weight excluding hydrogens is 253 g/mol. The first-order valence-electron chi connectivity index (χ1n) is 5.69. The van der Waals surface area contributed by atoms with Crippen molar-refractivity contribution in [1.82, 2.24) is 0 Å². The second-order valence-corrected chi connectivity index (χ2v) is 4.70. The second-order valence-electron chi connectivity index (χ2n) is 4.70. The average molecular weight is 265 g/mol. The van der Waals surface area contributed by atoms with Crippen LogP contribution >= 0.6 is 0 Å². The summed E-state index contributed by atoms with van der Waals surface area (Å²) in [6, 6.07) is -0.256. The van der Waals surface area contributed by atoms with Crippen molar-refractivity contribution in [2.45, 2.75) is 32.2 Å². The lowest BCUT2D eigenvalue weighted by Gasteiger charge is -2.16. The molecule has 0 heterocycles. The molecular formula is C12H12F5N. The highest BCUT2D eigenvalue weighted by Crippen LogP contribution is 2.32. The molecule has 2 unspecified atom stereocenters. The predicted octanol–water partition coefficient (Wildman–Crippen LogP) is 3.98. The van der Waals surface area contributed by atoms with Crippen molar-refractivity contribution in [2.24, 2.45) is 5.92 Å². The molecule has 0 bridgehead atoms. The van der Waals surface area contributed by atoms with Gasteiger partial charge in [0.2, 0.25) is 5.82 Å². The van der Waals surface area contributed by atoms with Gasteiger partial charge in [-0.3, -0.25) is 0 Å². The van der Waals surface area contributed by atoms with Crippen LogP contribution in [-0.4, -0.2) is 6.04 Å². The minimum absolute atomic E-state index is 0.256. The molecule has 1 aliphatic rings. The van der Waals surface area contributed by atoms with E-state index >= 15 is 0 Å². The highest BCUT2D eigenvalue weighted by Gasteiger charge is 2.29. The Morgan fingerprint density at radius 3 is 1.78 bits per heavy atom. The summed E-state index contributed by atoms with van der Waals surface area (Å²) in [5.41, 5.74) is -0.925. The zero-order chi connectivity index (χ0) is 13.4. The Bertz CT molecular complexity index is 445. The first-order valence-corrected chi connectivity index (χ1v) is 5.69. The van der Waals surface area contributed by atoms with Gasteiger partial charge in [0, 0.05) is 6.04 Å². The fraction of sp³-hybridized carbons (Fsp3) is 0.500. The Balaban J connectivity index is 2.33. The van der Waals surface area contributed by atoms with Gasteiger partial charge in [0.1, 0.15) is 5.69 Å². The van der Waals surface area contributed by atoms with E-state index in [2.05, 4.69) is 5.32 Å². The van der Waals surface area contributed by atoms with E-state index in [1.807, 2.05) is 6.92 Å². The Hall–Kier alpha value is -1.33. The van der Waals surface area contributed by atoms with Crippen molar-refractivity contribution in [1.29, 1.82) is 0 Å². The molecule has 2 atom stereocenters. The van der Waals surface area contributed by atoms with Crippen LogP contribution in [0.25, 0.3) is 0 Å². The third-order valence-corrected chi connectivity index (χ3v) is 3.25. The smallest absolute Gasteiger partial charge is 0.200 e. The number of hydrogen-bond acceptors (Lipinski definition) is 1. The number of anilines is 1. The molecule has 0 amide bonds. The summed E-state index contributed by atoms with van der Waals surface area (Å²) in [6.45, 7) is 1.97. The SMILES string of the molecule is CC1CCC(Nc2c(F)c(F)c(F)c(F)c2F)C1. The van der Waals surface area contributed by atoms with Crippen LogP contribution in [0, 0.1) is 35.0 Å². The van der Waals surface area contributed by atoms with E-state index in [1.165, 1.54) is 0 Å². The van der Waals surface area contributed by atoms with Gasteiger partial charge >= 0.3 is 0 Å². The lowest BCUT2D eigenvalue weighted by atomic mass is 10.1. The standard InChI is InChI=1S/C12H12F5N/c1-5-2-3-6(4-5)18-12-10(16)8(14)7(13)9(15)11(12)17/h5-6,18H,2-4H2,1H3. The fourth-order valence-corrected chi connectivity index (χ4v) is 2.27. The van der Waals surface area contributed by atoms with E-state index in [-0.39, 0.29) is 6.04 Å². The molecule has 0 saturated heterocycles. The van der Waals surface area contributed by atoms with E-state index < -0.39 is 34.8 Å². The molecule has 1 nitrogen and oxygen atoms in total. The monoisotopic (exact) mass is 265 g/mol. The maximum Gasteiger partial charge on any atom is 0.200 e. The second kappa shape index (κ2) is 4.74. The summed E-state index contributed by atoms with van der Waals surface area (Å²) in [5, 5.41) is 2.42. The highest BCUT2D eigenvalue weighted by atomic mass is 19.2. The number of hydrogen-bond donors (Lipinski definition) is 1. The molecule has 6 heteroatoms. The molecule has 0 radical (unpaired) electrons. The predicted molar refractivity (Wildman–Crippen MR) is 56.7 cm³/mol. The van der Waals surface area contributed by atoms with Crippen molar-refractivity contribution < 1.29 is 22.0 Å². The van der Waals surface area contributed by atoms with E-state index in [0.29, 0.717) is 18.8 Å². The van der Waals surface area contributed by atoms with Gasteiger partial charge in [0.05, 0.1) is 0 Å². The number of rotatable bonds is 2. The van der Waals surface area contributed by atoms with Crippen LogP contribution in [0.15, 0.2) is 0 Å². The maximum atomic E-state index is 13.4.